The fourth-order valence-corrected chi connectivity index (χ4v) is 5.98. The van der Waals surface area contributed by atoms with Crippen molar-refractivity contribution in [2.45, 2.75) is 25.4 Å². The van der Waals surface area contributed by atoms with E-state index in [2.05, 4.69) is 0 Å². The first-order chi connectivity index (χ1) is 12.4. The Bertz CT molecular complexity index is 959. The first-order valence-corrected chi connectivity index (χ1v) is 10.8. The molecule has 136 valence electrons. The van der Waals surface area contributed by atoms with E-state index in [1.807, 2.05) is 31.2 Å². The lowest BCUT2D eigenvalue weighted by Crippen LogP contribution is -2.38. The summed E-state index contributed by atoms with van der Waals surface area (Å²) in [5.41, 5.74) is 2.49. The van der Waals surface area contributed by atoms with Gasteiger partial charge in [-0.2, -0.15) is 0 Å². The number of carbonyl (C=O) groups is 1. The van der Waals surface area contributed by atoms with Gasteiger partial charge in [0.2, 0.25) is 0 Å². The maximum absolute atomic E-state index is 13.3. The number of amides is 2. The molecule has 26 heavy (non-hydrogen) atoms. The van der Waals surface area contributed by atoms with Gasteiger partial charge in [-0.25, -0.2) is 13.2 Å². The highest BCUT2D eigenvalue weighted by atomic mass is 35.5. The van der Waals surface area contributed by atoms with Gasteiger partial charge in [0.05, 0.1) is 23.6 Å². The molecule has 2 atom stereocenters. The molecule has 2 aromatic carbocycles. The fourth-order valence-electron chi connectivity index (χ4n) is 3.93. The van der Waals surface area contributed by atoms with Gasteiger partial charge in [0.25, 0.3) is 0 Å². The number of nitrogens with zero attached hydrogens (tertiary/aromatic N) is 2. The lowest BCUT2D eigenvalue weighted by molar-refractivity contribution is 0.255. The molecule has 0 radical (unpaired) electrons. The first-order valence-electron chi connectivity index (χ1n) is 8.57. The molecule has 2 aromatic rings. The number of hydrogen-bond acceptors (Lipinski definition) is 3. The fraction of sp³-hybridized carbons (Fsp3) is 0.316. The number of fused-ring (bicyclic) bond motifs is 1. The Kier molecular flexibility index (Phi) is 4.20. The van der Waals surface area contributed by atoms with Crippen LogP contribution in [0.1, 0.15) is 12.5 Å². The summed E-state index contributed by atoms with van der Waals surface area (Å²) < 4.78 is 24.7. The van der Waals surface area contributed by atoms with E-state index in [0.29, 0.717) is 10.7 Å². The van der Waals surface area contributed by atoms with Crippen molar-refractivity contribution >= 4 is 38.8 Å². The first kappa shape index (κ1) is 17.4. The SMILES string of the molecule is CCc1ccccc1N1C(=O)N(c2ccc(Cl)cc2)[C@@H]2CS(=O)(=O)C[C@H]21. The van der Waals surface area contributed by atoms with Crippen LogP contribution in [-0.4, -0.2) is 38.0 Å². The molecule has 0 aromatic heterocycles. The molecule has 2 amide bonds. The van der Waals surface area contributed by atoms with E-state index in [1.165, 1.54) is 0 Å². The molecule has 2 heterocycles. The Morgan fingerprint density at radius 1 is 1.00 bits per heavy atom. The Hall–Kier alpha value is -2.05. The molecule has 0 aliphatic carbocycles. The van der Waals surface area contributed by atoms with Crippen LogP contribution < -0.4 is 9.80 Å². The van der Waals surface area contributed by atoms with Gasteiger partial charge in [0.1, 0.15) is 0 Å². The smallest absolute Gasteiger partial charge is 0.288 e. The molecule has 0 spiro atoms. The van der Waals surface area contributed by atoms with Crippen molar-refractivity contribution in [2.75, 3.05) is 21.3 Å². The number of urea groups is 1. The number of sulfone groups is 1. The minimum Gasteiger partial charge on any atom is -0.288 e. The summed E-state index contributed by atoms with van der Waals surface area (Å²) in [6.45, 7) is 2.03. The van der Waals surface area contributed by atoms with E-state index >= 15 is 0 Å². The quantitative estimate of drug-likeness (QED) is 0.753. The highest BCUT2D eigenvalue weighted by Gasteiger charge is 2.54. The molecule has 2 saturated heterocycles. The Labute approximate surface area is 158 Å². The maximum Gasteiger partial charge on any atom is 0.329 e. The Balaban J connectivity index is 1.83. The van der Waals surface area contributed by atoms with Crippen LogP contribution in [0.5, 0.6) is 0 Å². The van der Waals surface area contributed by atoms with Crippen LogP contribution >= 0.6 is 11.6 Å². The summed E-state index contributed by atoms with van der Waals surface area (Å²) in [4.78, 5) is 16.6. The molecular formula is C19H19ClN2O3S. The van der Waals surface area contributed by atoms with Crippen molar-refractivity contribution in [2.24, 2.45) is 0 Å². The lowest BCUT2D eigenvalue weighted by atomic mass is 10.1. The second-order valence-electron chi connectivity index (χ2n) is 6.69. The second-order valence-corrected chi connectivity index (χ2v) is 9.28. The van der Waals surface area contributed by atoms with Gasteiger partial charge >= 0.3 is 6.03 Å². The Morgan fingerprint density at radius 2 is 1.62 bits per heavy atom. The summed E-state index contributed by atoms with van der Waals surface area (Å²) >= 11 is 5.97. The average Bonchev–Trinajstić information content (AvgIpc) is 3.04. The average molecular weight is 391 g/mol. The van der Waals surface area contributed by atoms with Gasteiger partial charge in [-0.15, -0.1) is 0 Å². The summed E-state index contributed by atoms with van der Waals surface area (Å²) in [7, 11) is -3.20. The number of hydrogen-bond donors (Lipinski definition) is 0. The number of rotatable bonds is 3. The van der Waals surface area contributed by atoms with Gasteiger partial charge in [-0.3, -0.25) is 9.80 Å². The minimum absolute atomic E-state index is 0.00839. The van der Waals surface area contributed by atoms with Gasteiger partial charge in [-0.05, 0) is 42.3 Å². The van der Waals surface area contributed by atoms with Gasteiger partial charge in [0, 0.05) is 16.4 Å². The molecule has 7 heteroatoms. The van der Waals surface area contributed by atoms with E-state index in [-0.39, 0.29) is 23.6 Å². The minimum atomic E-state index is -3.20. The zero-order valence-electron chi connectivity index (χ0n) is 14.3. The molecule has 5 nitrogen and oxygen atoms in total. The van der Waals surface area contributed by atoms with Crippen molar-refractivity contribution < 1.29 is 13.2 Å². The predicted molar refractivity (Wildman–Crippen MR) is 104 cm³/mol. The number of benzene rings is 2. The van der Waals surface area contributed by atoms with E-state index in [0.717, 1.165) is 17.7 Å². The van der Waals surface area contributed by atoms with Crippen LogP contribution in [0.3, 0.4) is 0 Å². The van der Waals surface area contributed by atoms with Crippen LogP contribution in [0.15, 0.2) is 48.5 Å². The van der Waals surface area contributed by atoms with Crippen molar-refractivity contribution in [3.8, 4) is 0 Å². The van der Waals surface area contributed by atoms with Crippen LogP contribution in [0, 0.1) is 0 Å². The highest BCUT2D eigenvalue weighted by Crippen LogP contribution is 2.39. The van der Waals surface area contributed by atoms with Crippen molar-refractivity contribution in [3.05, 3.63) is 59.1 Å². The topological polar surface area (TPSA) is 57.7 Å². The normalized spacial score (nSPS) is 24.2. The zero-order valence-corrected chi connectivity index (χ0v) is 15.9. The standard InChI is InChI=1S/C19H19ClN2O3S/c1-2-13-5-3-4-6-16(13)22-18-12-26(24,25)11-17(18)21(19(22)23)15-9-7-14(20)8-10-15/h3-10,17-18H,2,11-12H2,1H3/t17-,18-/m1/s1. The Morgan fingerprint density at radius 3 is 2.27 bits per heavy atom. The van der Waals surface area contributed by atoms with E-state index in [9.17, 15) is 13.2 Å². The largest absolute Gasteiger partial charge is 0.329 e. The molecule has 2 fully saturated rings. The molecule has 0 bridgehead atoms. The maximum atomic E-state index is 13.3. The monoisotopic (exact) mass is 390 g/mol. The molecule has 0 N–H and O–H groups in total. The van der Waals surface area contributed by atoms with Crippen molar-refractivity contribution in [3.63, 3.8) is 0 Å². The predicted octanol–water partition coefficient (Wildman–Crippen LogP) is 3.51. The van der Waals surface area contributed by atoms with Gasteiger partial charge in [-0.1, -0.05) is 36.7 Å². The van der Waals surface area contributed by atoms with Gasteiger partial charge in [0.15, 0.2) is 9.84 Å². The second kappa shape index (κ2) is 6.28. The number of anilines is 2. The van der Waals surface area contributed by atoms with Crippen molar-refractivity contribution in [1.82, 2.24) is 0 Å². The third-order valence-corrected chi connectivity index (χ3v) is 7.06. The van der Waals surface area contributed by atoms with Crippen LogP contribution in [0.4, 0.5) is 16.2 Å². The number of para-hydroxylation sites is 1. The summed E-state index contributed by atoms with van der Waals surface area (Å²) in [5.74, 6) is -0.0254. The molecular weight excluding hydrogens is 372 g/mol. The van der Waals surface area contributed by atoms with E-state index < -0.39 is 15.9 Å². The number of halogens is 1. The van der Waals surface area contributed by atoms with E-state index in [1.54, 1.807) is 34.1 Å². The van der Waals surface area contributed by atoms with Crippen molar-refractivity contribution in [1.29, 1.82) is 0 Å². The summed E-state index contributed by atoms with van der Waals surface area (Å²) in [6, 6.07) is 13.7. The van der Waals surface area contributed by atoms with Crippen LogP contribution in [-0.2, 0) is 16.3 Å². The summed E-state index contributed by atoms with van der Waals surface area (Å²) in [6.07, 6.45) is 0.769. The molecule has 2 aliphatic rings. The van der Waals surface area contributed by atoms with E-state index in [4.69, 9.17) is 11.6 Å². The van der Waals surface area contributed by atoms with Gasteiger partial charge < -0.3 is 0 Å². The highest BCUT2D eigenvalue weighted by molar-refractivity contribution is 7.91. The number of carbonyl (C=O) groups excluding carboxylic acids is 1. The number of aryl methyl sites for hydroxylation is 1. The lowest BCUT2D eigenvalue weighted by Gasteiger charge is -2.24. The molecule has 0 saturated carbocycles. The molecule has 4 rings (SSSR count). The molecule has 0 unspecified atom stereocenters. The summed E-state index contributed by atoms with van der Waals surface area (Å²) in [5, 5.41) is 0.573. The zero-order chi connectivity index (χ0) is 18.5. The molecule has 2 aliphatic heterocycles. The van der Waals surface area contributed by atoms with Crippen LogP contribution in [0.25, 0.3) is 0 Å². The van der Waals surface area contributed by atoms with Crippen LogP contribution in [0.2, 0.25) is 5.02 Å². The third kappa shape index (κ3) is 2.77. The third-order valence-electron chi connectivity index (χ3n) is 5.11.